The Morgan fingerprint density at radius 3 is 2.61 bits per heavy atom. The summed E-state index contributed by atoms with van der Waals surface area (Å²) in [6.45, 7) is 1.57. The van der Waals surface area contributed by atoms with E-state index < -0.39 is 23.8 Å². The monoisotopic (exact) mass is 314 g/mol. The fourth-order valence-corrected chi connectivity index (χ4v) is 2.47. The van der Waals surface area contributed by atoms with E-state index in [1.54, 1.807) is 25.1 Å². The molecule has 6 heteroatoms. The molecule has 1 amide bonds. The number of aliphatic carboxylic acids is 1. The van der Waals surface area contributed by atoms with Gasteiger partial charge in [0.15, 0.2) is 5.69 Å². The van der Waals surface area contributed by atoms with Crippen molar-refractivity contribution in [2.75, 3.05) is 0 Å². The van der Waals surface area contributed by atoms with E-state index in [1.807, 2.05) is 18.2 Å². The maximum absolute atomic E-state index is 12.4. The number of nitrogens with zero attached hydrogens (tertiary/aromatic N) is 1. The number of carboxylic acids is 1. The molecule has 1 aromatic heterocycles. The second-order valence-corrected chi connectivity index (χ2v) is 5.88. The van der Waals surface area contributed by atoms with Gasteiger partial charge in [-0.1, -0.05) is 35.5 Å². The molecule has 2 unspecified atom stereocenters. The Labute approximate surface area is 133 Å². The Kier molecular flexibility index (Phi) is 4.14. The zero-order valence-corrected chi connectivity index (χ0v) is 12.7. The summed E-state index contributed by atoms with van der Waals surface area (Å²) in [5, 5.41) is 15.9. The highest BCUT2D eigenvalue weighted by Gasteiger charge is 2.31. The zero-order valence-electron chi connectivity index (χ0n) is 12.7. The molecule has 1 fully saturated rings. The van der Waals surface area contributed by atoms with Crippen molar-refractivity contribution in [2.24, 2.45) is 5.92 Å². The van der Waals surface area contributed by atoms with Crippen LogP contribution in [0.5, 0.6) is 0 Å². The Morgan fingerprint density at radius 2 is 2.00 bits per heavy atom. The van der Waals surface area contributed by atoms with Gasteiger partial charge in [0.05, 0.1) is 12.0 Å². The first-order valence-electron chi connectivity index (χ1n) is 7.61. The smallest absolute Gasteiger partial charge is 0.308 e. The molecule has 6 nitrogen and oxygen atoms in total. The number of aromatic nitrogens is 1. The average molecular weight is 314 g/mol. The van der Waals surface area contributed by atoms with Crippen LogP contribution in [0, 0.1) is 5.92 Å². The highest BCUT2D eigenvalue weighted by Crippen LogP contribution is 2.40. The summed E-state index contributed by atoms with van der Waals surface area (Å²) in [7, 11) is 0. The molecule has 2 aromatic rings. The first-order chi connectivity index (χ1) is 11.1. The number of benzene rings is 1. The molecule has 0 spiro atoms. The van der Waals surface area contributed by atoms with Crippen molar-refractivity contribution in [1.82, 2.24) is 10.5 Å². The van der Waals surface area contributed by atoms with E-state index in [-0.39, 0.29) is 5.69 Å². The third-order valence-corrected chi connectivity index (χ3v) is 4.08. The van der Waals surface area contributed by atoms with Crippen molar-refractivity contribution in [3.05, 3.63) is 53.4 Å². The molecule has 1 aromatic carbocycles. The minimum absolute atomic E-state index is 0.186. The molecule has 0 saturated heterocycles. The molecule has 1 heterocycles. The van der Waals surface area contributed by atoms with Gasteiger partial charge in [0.2, 0.25) is 0 Å². The number of carbonyl (C=O) groups is 2. The van der Waals surface area contributed by atoms with Crippen LogP contribution in [0.15, 0.2) is 40.9 Å². The van der Waals surface area contributed by atoms with Crippen molar-refractivity contribution < 1.29 is 19.2 Å². The van der Waals surface area contributed by atoms with Crippen molar-refractivity contribution >= 4 is 11.9 Å². The van der Waals surface area contributed by atoms with Crippen LogP contribution in [0.1, 0.15) is 53.5 Å². The lowest BCUT2D eigenvalue weighted by Gasteiger charge is -2.22. The van der Waals surface area contributed by atoms with Gasteiger partial charge >= 0.3 is 5.97 Å². The molecule has 23 heavy (non-hydrogen) atoms. The number of amides is 1. The fraction of sp³-hybridized carbons (Fsp3) is 0.353. The minimum atomic E-state index is -0.974. The number of hydrogen-bond acceptors (Lipinski definition) is 4. The average Bonchev–Trinajstić information content (AvgIpc) is 3.29. The van der Waals surface area contributed by atoms with E-state index in [2.05, 4.69) is 10.5 Å². The third-order valence-electron chi connectivity index (χ3n) is 4.08. The standard InChI is InChI=1S/C17H18N2O4/c1-10(17(21)22)15(12-5-3-2-4-6-12)18-16(20)13-9-14(23-19-13)11-7-8-11/h2-6,9-11,15H,7-8H2,1H3,(H,18,20)(H,21,22). The predicted octanol–water partition coefficient (Wildman–Crippen LogP) is 2.74. The van der Waals surface area contributed by atoms with Crippen molar-refractivity contribution in [1.29, 1.82) is 0 Å². The SMILES string of the molecule is CC(C(=O)O)C(NC(=O)c1cc(C2CC2)on1)c1ccccc1. The van der Waals surface area contributed by atoms with E-state index in [9.17, 15) is 14.7 Å². The number of nitrogens with one attached hydrogen (secondary N) is 1. The maximum Gasteiger partial charge on any atom is 0.308 e. The number of carbonyl (C=O) groups excluding carboxylic acids is 1. The summed E-state index contributed by atoms with van der Waals surface area (Å²) < 4.78 is 5.18. The van der Waals surface area contributed by atoms with Crippen molar-refractivity contribution in [3.63, 3.8) is 0 Å². The second kappa shape index (κ2) is 6.24. The molecule has 1 aliphatic carbocycles. The van der Waals surface area contributed by atoms with Gasteiger partial charge in [0.1, 0.15) is 5.76 Å². The lowest BCUT2D eigenvalue weighted by Crippen LogP contribution is -2.35. The van der Waals surface area contributed by atoms with Gasteiger partial charge in [-0.25, -0.2) is 0 Å². The summed E-state index contributed by atoms with van der Waals surface area (Å²) in [6.07, 6.45) is 2.11. The molecular formula is C17H18N2O4. The van der Waals surface area contributed by atoms with Gasteiger partial charge < -0.3 is 14.9 Å². The summed E-state index contributed by atoms with van der Waals surface area (Å²) in [5.74, 6) is -1.08. The van der Waals surface area contributed by atoms with Crippen LogP contribution in [-0.4, -0.2) is 22.1 Å². The number of rotatable bonds is 6. The minimum Gasteiger partial charge on any atom is -0.481 e. The first kappa shape index (κ1) is 15.3. The van der Waals surface area contributed by atoms with Gasteiger partial charge in [-0.15, -0.1) is 0 Å². The lowest BCUT2D eigenvalue weighted by molar-refractivity contribution is -0.142. The molecular weight excluding hydrogens is 296 g/mol. The molecule has 2 atom stereocenters. The summed E-state index contributed by atoms with van der Waals surface area (Å²) in [4.78, 5) is 23.7. The van der Waals surface area contributed by atoms with E-state index in [0.717, 1.165) is 24.2 Å². The Bertz CT molecular complexity index is 706. The van der Waals surface area contributed by atoms with Gasteiger partial charge in [-0.3, -0.25) is 9.59 Å². The molecule has 1 saturated carbocycles. The van der Waals surface area contributed by atoms with E-state index in [0.29, 0.717) is 5.92 Å². The third kappa shape index (κ3) is 3.41. The maximum atomic E-state index is 12.4. The summed E-state index contributed by atoms with van der Waals surface area (Å²) in [6, 6.07) is 10.1. The van der Waals surface area contributed by atoms with Crippen LogP contribution in [-0.2, 0) is 4.79 Å². The normalized spacial score (nSPS) is 16.6. The topological polar surface area (TPSA) is 92.4 Å². The Balaban J connectivity index is 1.79. The van der Waals surface area contributed by atoms with Crippen LogP contribution in [0.3, 0.4) is 0 Å². The van der Waals surface area contributed by atoms with Gasteiger partial charge in [-0.2, -0.15) is 0 Å². The highest BCUT2D eigenvalue weighted by molar-refractivity contribution is 5.92. The van der Waals surface area contributed by atoms with Crippen LogP contribution in [0.4, 0.5) is 0 Å². The van der Waals surface area contributed by atoms with Crippen LogP contribution >= 0.6 is 0 Å². The quantitative estimate of drug-likeness (QED) is 0.855. The molecule has 120 valence electrons. The van der Waals surface area contributed by atoms with Crippen LogP contribution < -0.4 is 5.32 Å². The predicted molar refractivity (Wildman–Crippen MR) is 81.9 cm³/mol. The molecule has 0 aliphatic heterocycles. The van der Waals surface area contributed by atoms with Crippen molar-refractivity contribution in [2.45, 2.75) is 31.7 Å². The Morgan fingerprint density at radius 1 is 1.30 bits per heavy atom. The second-order valence-electron chi connectivity index (χ2n) is 5.88. The van der Waals surface area contributed by atoms with Crippen molar-refractivity contribution in [3.8, 4) is 0 Å². The lowest BCUT2D eigenvalue weighted by atomic mass is 9.94. The van der Waals surface area contributed by atoms with E-state index in [1.165, 1.54) is 0 Å². The van der Waals surface area contributed by atoms with E-state index in [4.69, 9.17) is 4.52 Å². The first-order valence-corrected chi connectivity index (χ1v) is 7.61. The summed E-state index contributed by atoms with van der Waals surface area (Å²) >= 11 is 0. The Hall–Kier alpha value is -2.63. The van der Waals surface area contributed by atoms with Gasteiger partial charge in [-0.05, 0) is 25.3 Å². The molecule has 0 radical (unpaired) electrons. The molecule has 1 aliphatic rings. The van der Waals surface area contributed by atoms with E-state index >= 15 is 0 Å². The zero-order chi connectivity index (χ0) is 16.4. The van der Waals surface area contributed by atoms with Crippen LogP contribution in [0.25, 0.3) is 0 Å². The number of hydrogen-bond donors (Lipinski definition) is 2. The fourth-order valence-electron chi connectivity index (χ4n) is 2.47. The molecule has 3 rings (SSSR count). The highest BCUT2D eigenvalue weighted by atomic mass is 16.5. The van der Waals surface area contributed by atoms with Crippen LogP contribution in [0.2, 0.25) is 0 Å². The largest absolute Gasteiger partial charge is 0.481 e. The van der Waals surface area contributed by atoms with Gasteiger partial charge in [0.25, 0.3) is 5.91 Å². The molecule has 2 N–H and O–H groups in total. The molecule has 0 bridgehead atoms. The number of carboxylic acid groups (broad SMARTS) is 1. The summed E-state index contributed by atoms with van der Waals surface area (Å²) in [5.41, 5.74) is 0.923. The van der Waals surface area contributed by atoms with Gasteiger partial charge in [0, 0.05) is 12.0 Å².